The Hall–Kier alpha value is -0.610. The van der Waals surface area contributed by atoms with Gasteiger partial charge in [-0.2, -0.15) is 0 Å². The molecule has 2 aliphatic rings. The zero-order valence-electron chi connectivity index (χ0n) is 11.9. The quantitative estimate of drug-likeness (QED) is 0.819. The topological polar surface area (TPSA) is 49.6 Å². The molecule has 0 aromatic heterocycles. The normalized spacial score (nSPS) is 30.3. The van der Waals surface area contributed by atoms with Gasteiger partial charge in [0.25, 0.3) is 0 Å². The van der Waals surface area contributed by atoms with Crippen molar-refractivity contribution in [2.45, 2.75) is 69.6 Å². The van der Waals surface area contributed by atoms with Gasteiger partial charge in [0.1, 0.15) is 0 Å². The molecule has 0 heterocycles. The fourth-order valence-electron chi connectivity index (χ4n) is 3.22. The summed E-state index contributed by atoms with van der Waals surface area (Å²) in [4.78, 5) is 16.8. The molecule has 2 saturated carbocycles. The molecular weight excluding hydrogens is 226 g/mol. The zero-order chi connectivity index (χ0) is 13.3. The van der Waals surface area contributed by atoms with Crippen molar-refractivity contribution < 1.29 is 4.79 Å². The van der Waals surface area contributed by atoms with E-state index in [9.17, 15) is 4.79 Å². The molecule has 0 spiro atoms. The van der Waals surface area contributed by atoms with Crippen molar-refractivity contribution in [3.05, 3.63) is 0 Å². The first-order chi connectivity index (χ1) is 8.52. The fourth-order valence-corrected chi connectivity index (χ4v) is 3.22. The molecule has 2 rings (SSSR count). The molecule has 0 bridgehead atoms. The fraction of sp³-hybridized carbons (Fsp3) is 0.929. The lowest BCUT2D eigenvalue weighted by Gasteiger charge is -2.43. The first kappa shape index (κ1) is 13.8. The highest BCUT2D eigenvalue weighted by Gasteiger charge is 2.42. The highest BCUT2D eigenvalue weighted by molar-refractivity contribution is 5.82. The summed E-state index contributed by atoms with van der Waals surface area (Å²) in [7, 11) is 4.26. The van der Waals surface area contributed by atoms with Crippen molar-refractivity contribution >= 4 is 5.91 Å². The molecular formula is C14H27N3O. The second kappa shape index (κ2) is 5.57. The monoisotopic (exact) mass is 253 g/mol. The van der Waals surface area contributed by atoms with Gasteiger partial charge in [0.15, 0.2) is 0 Å². The van der Waals surface area contributed by atoms with Crippen LogP contribution in [0.1, 0.15) is 45.4 Å². The summed E-state index contributed by atoms with van der Waals surface area (Å²) in [6, 6.07) is 0.978. The summed E-state index contributed by atoms with van der Waals surface area (Å²) < 4.78 is 0. The number of hydrogen-bond acceptors (Lipinski definition) is 3. The summed E-state index contributed by atoms with van der Waals surface area (Å²) in [6.07, 6.45) is 7.18. The van der Waals surface area contributed by atoms with Crippen LogP contribution in [0.5, 0.6) is 0 Å². The van der Waals surface area contributed by atoms with Crippen LogP contribution in [0.3, 0.4) is 0 Å². The van der Waals surface area contributed by atoms with Gasteiger partial charge in [0, 0.05) is 18.1 Å². The van der Waals surface area contributed by atoms with Gasteiger partial charge in [0.2, 0.25) is 5.91 Å². The van der Waals surface area contributed by atoms with Gasteiger partial charge in [-0.1, -0.05) is 12.8 Å². The number of likely N-dealkylation sites (N-methyl/N-ethyl adjacent to an activating group) is 1. The molecule has 2 aliphatic carbocycles. The Bertz CT molecular complexity index is 299. The summed E-state index contributed by atoms with van der Waals surface area (Å²) >= 11 is 0. The maximum absolute atomic E-state index is 12.4. The van der Waals surface area contributed by atoms with Crippen LogP contribution in [0.2, 0.25) is 0 Å². The van der Waals surface area contributed by atoms with Crippen LogP contribution in [-0.4, -0.2) is 54.0 Å². The molecule has 104 valence electrons. The Morgan fingerprint density at radius 1 is 1.11 bits per heavy atom. The molecule has 0 aromatic rings. The van der Waals surface area contributed by atoms with E-state index in [1.807, 2.05) is 6.92 Å². The number of nitrogens with zero attached hydrogens (tertiary/aromatic N) is 2. The second-order valence-electron chi connectivity index (χ2n) is 6.15. The van der Waals surface area contributed by atoms with Gasteiger partial charge < -0.3 is 15.5 Å². The van der Waals surface area contributed by atoms with E-state index >= 15 is 0 Å². The molecule has 2 N–H and O–H groups in total. The number of carbonyl (C=O) groups is 1. The van der Waals surface area contributed by atoms with E-state index in [-0.39, 0.29) is 11.9 Å². The number of amides is 1. The third-order valence-electron chi connectivity index (χ3n) is 4.30. The standard InChI is InChI=1S/C14H27N3O/c1-10(15)14(18)17(11-8-9-11)13-7-5-4-6-12(13)16(2)3/h10-13H,4-9,15H2,1-3H3. The van der Waals surface area contributed by atoms with Gasteiger partial charge >= 0.3 is 0 Å². The van der Waals surface area contributed by atoms with E-state index < -0.39 is 0 Å². The lowest BCUT2D eigenvalue weighted by Crippen LogP contribution is -2.57. The van der Waals surface area contributed by atoms with Crippen LogP contribution in [0, 0.1) is 0 Å². The Kier molecular flexibility index (Phi) is 4.28. The average molecular weight is 253 g/mol. The van der Waals surface area contributed by atoms with E-state index in [0.29, 0.717) is 18.1 Å². The minimum absolute atomic E-state index is 0.149. The Morgan fingerprint density at radius 3 is 2.11 bits per heavy atom. The second-order valence-corrected chi connectivity index (χ2v) is 6.15. The number of carbonyl (C=O) groups excluding carboxylic acids is 1. The Morgan fingerprint density at radius 2 is 1.67 bits per heavy atom. The maximum Gasteiger partial charge on any atom is 0.239 e. The molecule has 0 aromatic carbocycles. The molecule has 3 atom stereocenters. The van der Waals surface area contributed by atoms with E-state index in [0.717, 1.165) is 19.3 Å². The van der Waals surface area contributed by atoms with Gasteiger partial charge in [-0.15, -0.1) is 0 Å². The SMILES string of the molecule is CC(N)C(=O)N(C1CC1)C1CCCCC1N(C)C. The van der Waals surface area contributed by atoms with Gasteiger partial charge in [-0.25, -0.2) is 0 Å². The molecule has 0 saturated heterocycles. The largest absolute Gasteiger partial charge is 0.334 e. The predicted octanol–water partition coefficient (Wildman–Crippen LogP) is 1.20. The van der Waals surface area contributed by atoms with Crippen molar-refractivity contribution in [2.24, 2.45) is 5.73 Å². The number of hydrogen-bond donors (Lipinski definition) is 1. The van der Waals surface area contributed by atoms with Crippen LogP contribution in [0.15, 0.2) is 0 Å². The predicted molar refractivity (Wildman–Crippen MR) is 73.2 cm³/mol. The van der Waals surface area contributed by atoms with Crippen LogP contribution in [0.25, 0.3) is 0 Å². The third kappa shape index (κ3) is 2.86. The van der Waals surface area contributed by atoms with E-state index in [1.54, 1.807) is 0 Å². The molecule has 4 heteroatoms. The van der Waals surface area contributed by atoms with Crippen molar-refractivity contribution in [1.82, 2.24) is 9.80 Å². The zero-order valence-corrected chi connectivity index (χ0v) is 11.9. The minimum Gasteiger partial charge on any atom is -0.334 e. The molecule has 3 unspecified atom stereocenters. The van der Waals surface area contributed by atoms with Gasteiger partial charge in [-0.05, 0) is 46.7 Å². The van der Waals surface area contributed by atoms with Crippen molar-refractivity contribution in [2.75, 3.05) is 14.1 Å². The Balaban J connectivity index is 2.15. The summed E-state index contributed by atoms with van der Waals surface area (Å²) in [5, 5.41) is 0. The minimum atomic E-state index is -0.365. The van der Waals surface area contributed by atoms with Crippen LogP contribution in [0.4, 0.5) is 0 Å². The van der Waals surface area contributed by atoms with Crippen molar-refractivity contribution in [3.63, 3.8) is 0 Å². The molecule has 0 radical (unpaired) electrons. The van der Waals surface area contributed by atoms with Crippen molar-refractivity contribution in [3.8, 4) is 0 Å². The van der Waals surface area contributed by atoms with Crippen LogP contribution in [-0.2, 0) is 4.79 Å². The van der Waals surface area contributed by atoms with E-state index in [2.05, 4.69) is 23.9 Å². The Labute approximate surface area is 110 Å². The molecule has 18 heavy (non-hydrogen) atoms. The molecule has 2 fully saturated rings. The maximum atomic E-state index is 12.4. The van der Waals surface area contributed by atoms with Gasteiger partial charge in [0.05, 0.1) is 6.04 Å². The van der Waals surface area contributed by atoms with Crippen LogP contribution < -0.4 is 5.73 Å². The highest BCUT2D eigenvalue weighted by atomic mass is 16.2. The molecule has 4 nitrogen and oxygen atoms in total. The van der Waals surface area contributed by atoms with E-state index in [4.69, 9.17) is 5.73 Å². The molecule has 0 aliphatic heterocycles. The molecule has 1 amide bonds. The summed E-state index contributed by atoms with van der Waals surface area (Å²) in [5.41, 5.74) is 5.83. The highest BCUT2D eigenvalue weighted by Crippen LogP contribution is 2.35. The first-order valence-corrected chi connectivity index (χ1v) is 7.26. The third-order valence-corrected chi connectivity index (χ3v) is 4.30. The first-order valence-electron chi connectivity index (χ1n) is 7.26. The lowest BCUT2D eigenvalue weighted by atomic mass is 9.88. The lowest BCUT2D eigenvalue weighted by molar-refractivity contribution is -0.137. The number of nitrogens with two attached hydrogens (primary N) is 1. The number of rotatable bonds is 4. The summed E-state index contributed by atoms with van der Waals surface area (Å²) in [5.74, 6) is 0.149. The van der Waals surface area contributed by atoms with E-state index in [1.165, 1.54) is 19.3 Å². The van der Waals surface area contributed by atoms with Crippen LogP contribution >= 0.6 is 0 Å². The smallest absolute Gasteiger partial charge is 0.239 e. The van der Waals surface area contributed by atoms with Crippen molar-refractivity contribution in [1.29, 1.82) is 0 Å². The van der Waals surface area contributed by atoms with Gasteiger partial charge in [-0.3, -0.25) is 4.79 Å². The summed E-state index contributed by atoms with van der Waals surface area (Å²) in [6.45, 7) is 1.81. The average Bonchev–Trinajstić information content (AvgIpc) is 3.14.